The Bertz CT molecular complexity index is 471. The molecule has 0 radical (unpaired) electrons. The van der Waals surface area contributed by atoms with Crippen molar-refractivity contribution < 1.29 is 13.9 Å². The lowest BCUT2D eigenvalue weighted by Crippen LogP contribution is -2.51. The van der Waals surface area contributed by atoms with E-state index in [0.29, 0.717) is 23.6 Å². The van der Waals surface area contributed by atoms with Gasteiger partial charge in [-0.2, -0.15) is 0 Å². The van der Waals surface area contributed by atoms with Gasteiger partial charge in [0, 0.05) is 12.1 Å². The highest BCUT2D eigenvalue weighted by Crippen LogP contribution is 2.31. The summed E-state index contributed by atoms with van der Waals surface area (Å²) in [6.45, 7) is 3.19. The fraction of sp³-hybridized carbons (Fsp3) is 0.615. The number of hydrogen-bond donors (Lipinski definition) is 0. The molecule has 0 aromatic carbocycles. The Morgan fingerprint density at radius 2 is 2.33 bits per heavy atom. The number of amides is 1. The number of halogens is 1. The average molecular weight is 314 g/mol. The molecule has 1 aromatic rings. The number of morpholine rings is 1. The second kappa shape index (κ2) is 4.70. The van der Waals surface area contributed by atoms with Crippen LogP contribution in [0.1, 0.15) is 35.4 Å². The predicted molar refractivity (Wildman–Crippen MR) is 69.6 cm³/mol. The van der Waals surface area contributed by atoms with E-state index in [1.165, 1.54) is 0 Å². The zero-order valence-corrected chi connectivity index (χ0v) is 11.9. The molecule has 4 nitrogen and oxygen atoms in total. The van der Waals surface area contributed by atoms with Crippen LogP contribution < -0.4 is 0 Å². The fourth-order valence-electron chi connectivity index (χ4n) is 2.96. The van der Waals surface area contributed by atoms with Crippen molar-refractivity contribution in [3.63, 3.8) is 0 Å². The van der Waals surface area contributed by atoms with Crippen LogP contribution in [0.5, 0.6) is 0 Å². The molecule has 5 heteroatoms. The van der Waals surface area contributed by atoms with Crippen LogP contribution in [0, 0.1) is 6.92 Å². The molecule has 1 saturated heterocycles. The lowest BCUT2D eigenvalue weighted by Gasteiger charge is -2.37. The van der Waals surface area contributed by atoms with Crippen LogP contribution in [-0.2, 0) is 4.74 Å². The molecule has 18 heavy (non-hydrogen) atoms. The molecule has 2 fully saturated rings. The summed E-state index contributed by atoms with van der Waals surface area (Å²) >= 11 is 3.27. The third-order valence-electron chi connectivity index (χ3n) is 3.82. The van der Waals surface area contributed by atoms with E-state index >= 15 is 0 Å². The summed E-state index contributed by atoms with van der Waals surface area (Å²) in [7, 11) is 0. The summed E-state index contributed by atoms with van der Waals surface area (Å²) in [5.74, 6) is 0.452. The predicted octanol–water partition coefficient (Wildman–Crippen LogP) is 2.74. The first-order valence-corrected chi connectivity index (χ1v) is 7.14. The van der Waals surface area contributed by atoms with Gasteiger partial charge < -0.3 is 14.1 Å². The monoisotopic (exact) mass is 313 g/mol. The van der Waals surface area contributed by atoms with Gasteiger partial charge in [-0.3, -0.25) is 4.79 Å². The van der Waals surface area contributed by atoms with Gasteiger partial charge in [-0.25, -0.2) is 0 Å². The Kier molecular flexibility index (Phi) is 3.20. The maximum absolute atomic E-state index is 12.5. The molecule has 2 heterocycles. The molecular formula is C13H16BrNO3. The number of fused-ring (bicyclic) bond motifs is 1. The highest BCUT2D eigenvalue weighted by molar-refractivity contribution is 9.10. The molecular weight excluding hydrogens is 298 g/mol. The Labute approximate surface area is 114 Å². The fourth-order valence-corrected chi connectivity index (χ4v) is 3.47. The number of carbonyl (C=O) groups is 1. The number of rotatable bonds is 1. The van der Waals surface area contributed by atoms with Gasteiger partial charge in [0.2, 0.25) is 0 Å². The van der Waals surface area contributed by atoms with Crippen LogP contribution in [0.4, 0.5) is 0 Å². The average Bonchev–Trinajstić information content (AvgIpc) is 2.94. The SMILES string of the molecule is Cc1cc(Br)oc1C(=O)N1CCO[C@H]2CCC[C@@H]21. The molecule has 0 bridgehead atoms. The molecule has 1 aliphatic heterocycles. The van der Waals surface area contributed by atoms with E-state index in [9.17, 15) is 4.79 Å². The van der Waals surface area contributed by atoms with E-state index in [-0.39, 0.29) is 18.1 Å². The lowest BCUT2D eigenvalue weighted by molar-refractivity contribution is -0.0454. The van der Waals surface area contributed by atoms with Crippen molar-refractivity contribution in [1.29, 1.82) is 0 Å². The first-order chi connectivity index (χ1) is 8.66. The Morgan fingerprint density at radius 3 is 3.06 bits per heavy atom. The van der Waals surface area contributed by atoms with Gasteiger partial charge in [0.15, 0.2) is 10.4 Å². The number of hydrogen-bond acceptors (Lipinski definition) is 3. The second-order valence-electron chi connectivity index (χ2n) is 4.97. The smallest absolute Gasteiger partial charge is 0.290 e. The molecule has 0 unspecified atom stereocenters. The number of nitrogens with zero attached hydrogens (tertiary/aromatic N) is 1. The third-order valence-corrected chi connectivity index (χ3v) is 4.22. The van der Waals surface area contributed by atoms with E-state index in [1.807, 2.05) is 17.9 Å². The molecule has 3 rings (SSSR count). The van der Waals surface area contributed by atoms with E-state index in [1.54, 1.807) is 0 Å². The Balaban J connectivity index is 1.85. The molecule has 0 N–H and O–H groups in total. The van der Waals surface area contributed by atoms with Crippen LogP contribution in [0.15, 0.2) is 15.2 Å². The zero-order chi connectivity index (χ0) is 12.7. The molecule has 0 spiro atoms. The van der Waals surface area contributed by atoms with Crippen molar-refractivity contribution in [3.05, 3.63) is 22.1 Å². The Morgan fingerprint density at radius 1 is 1.50 bits per heavy atom. The number of ether oxygens (including phenoxy) is 1. The first kappa shape index (κ1) is 12.2. The zero-order valence-electron chi connectivity index (χ0n) is 10.3. The topological polar surface area (TPSA) is 42.7 Å². The summed E-state index contributed by atoms with van der Waals surface area (Å²) in [5.41, 5.74) is 0.882. The highest BCUT2D eigenvalue weighted by atomic mass is 79.9. The molecule has 2 aliphatic rings. The highest BCUT2D eigenvalue weighted by Gasteiger charge is 2.39. The summed E-state index contributed by atoms with van der Waals surface area (Å²) in [6.07, 6.45) is 3.47. The van der Waals surface area contributed by atoms with E-state index in [4.69, 9.17) is 9.15 Å². The second-order valence-corrected chi connectivity index (χ2v) is 5.75. The van der Waals surface area contributed by atoms with Crippen molar-refractivity contribution in [3.8, 4) is 0 Å². The van der Waals surface area contributed by atoms with Gasteiger partial charge >= 0.3 is 0 Å². The minimum Gasteiger partial charge on any atom is -0.444 e. The van der Waals surface area contributed by atoms with Crippen LogP contribution in [0.3, 0.4) is 0 Å². The molecule has 1 aromatic heterocycles. The van der Waals surface area contributed by atoms with E-state index in [2.05, 4.69) is 15.9 Å². The summed E-state index contributed by atoms with van der Waals surface area (Å²) in [4.78, 5) is 14.5. The molecule has 98 valence electrons. The van der Waals surface area contributed by atoms with E-state index < -0.39 is 0 Å². The van der Waals surface area contributed by atoms with Crippen molar-refractivity contribution in [2.45, 2.75) is 38.3 Å². The lowest BCUT2D eigenvalue weighted by atomic mass is 10.1. The molecule has 2 atom stereocenters. The van der Waals surface area contributed by atoms with Crippen molar-refractivity contribution in [2.24, 2.45) is 0 Å². The van der Waals surface area contributed by atoms with Gasteiger partial charge in [0.25, 0.3) is 5.91 Å². The van der Waals surface area contributed by atoms with Crippen molar-refractivity contribution in [1.82, 2.24) is 4.90 Å². The summed E-state index contributed by atoms with van der Waals surface area (Å²) in [5, 5.41) is 0. The van der Waals surface area contributed by atoms with Crippen LogP contribution in [0.2, 0.25) is 0 Å². The summed E-state index contributed by atoms with van der Waals surface area (Å²) < 4.78 is 11.8. The van der Waals surface area contributed by atoms with Gasteiger partial charge in [-0.05, 0) is 48.2 Å². The van der Waals surface area contributed by atoms with Gasteiger partial charge in [-0.15, -0.1) is 0 Å². The standard InChI is InChI=1S/C13H16BrNO3/c1-8-7-11(14)18-12(8)13(16)15-5-6-17-10-4-2-3-9(10)15/h7,9-10H,2-6H2,1H3/t9-,10-/m0/s1. The molecule has 1 aliphatic carbocycles. The largest absolute Gasteiger partial charge is 0.444 e. The van der Waals surface area contributed by atoms with Gasteiger partial charge in [-0.1, -0.05) is 0 Å². The number of carbonyl (C=O) groups excluding carboxylic acids is 1. The normalized spacial score (nSPS) is 27.3. The van der Waals surface area contributed by atoms with Crippen molar-refractivity contribution in [2.75, 3.05) is 13.2 Å². The molecule has 1 saturated carbocycles. The Hall–Kier alpha value is -0.810. The molecule has 1 amide bonds. The van der Waals surface area contributed by atoms with Crippen LogP contribution >= 0.6 is 15.9 Å². The van der Waals surface area contributed by atoms with E-state index in [0.717, 1.165) is 24.8 Å². The summed E-state index contributed by atoms with van der Waals surface area (Å²) in [6, 6.07) is 2.06. The van der Waals surface area contributed by atoms with Gasteiger partial charge in [0.05, 0.1) is 18.8 Å². The number of furan rings is 1. The maximum atomic E-state index is 12.5. The van der Waals surface area contributed by atoms with Crippen molar-refractivity contribution >= 4 is 21.8 Å². The minimum atomic E-state index is -0.00148. The van der Waals surface area contributed by atoms with Crippen LogP contribution in [-0.4, -0.2) is 36.1 Å². The number of aryl methyl sites for hydroxylation is 1. The quantitative estimate of drug-likeness (QED) is 0.800. The van der Waals surface area contributed by atoms with Gasteiger partial charge in [0.1, 0.15) is 0 Å². The first-order valence-electron chi connectivity index (χ1n) is 6.35. The minimum absolute atomic E-state index is 0.00148. The van der Waals surface area contributed by atoms with Crippen LogP contribution in [0.25, 0.3) is 0 Å². The third kappa shape index (κ3) is 1.99. The maximum Gasteiger partial charge on any atom is 0.290 e.